The highest BCUT2D eigenvalue weighted by Gasteiger charge is 2.02. The highest BCUT2D eigenvalue weighted by Crippen LogP contribution is 2.15. The molecule has 0 heterocycles. The molecule has 0 atom stereocenters. The molecule has 18 heavy (non-hydrogen) atoms. The lowest BCUT2D eigenvalue weighted by molar-refractivity contribution is 0.624. The molecule has 0 amide bonds. The lowest BCUT2D eigenvalue weighted by atomic mass is 10.2. The maximum atomic E-state index is 13.1. The van der Waals surface area contributed by atoms with Gasteiger partial charge in [-0.3, -0.25) is 0 Å². The molecule has 2 nitrogen and oxygen atoms in total. The van der Waals surface area contributed by atoms with Gasteiger partial charge in [0.15, 0.2) is 0 Å². The minimum Gasteiger partial charge on any atom is -0.381 e. The monoisotopic (exact) mass is 244 g/mol. The molecule has 0 saturated carbocycles. The van der Waals surface area contributed by atoms with Crippen molar-refractivity contribution in [1.29, 1.82) is 5.26 Å². The molecule has 0 fully saturated rings. The molecule has 4 heteroatoms. The van der Waals surface area contributed by atoms with Crippen molar-refractivity contribution in [2.75, 3.05) is 5.32 Å². The fourth-order valence-electron chi connectivity index (χ4n) is 1.57. The number of benzene rings is 2. The van der Waals surface area contributed by atoms with Crippen LogP contribution in [0.25, 0.3) is 0 Å². The second-order valence-electron chi connectivity index (χ2n) is 3.79. The third-order valence-electron chi connectivity index (χ3n) is 2.47. The van der Waals surface area contributed by atoms with Crippen molar-refractivity contribution < 1.29 is 8.78 Å². The quantitative estimate of drug-likeness (QED) is 0.897. The molecule has 0 aromatic heterocycles. The van der Waals surface area contributed by atoms with Gasteiger partial charge < -0.3 is 5.32 Å². The second-order valence-corrected chi connectivity index (χ2v) is 3.79. The van der Waals surface area contributed by atoms with Crippen LogP contribution in [0.5, 0.6) is 0 Å². The molecule has 0 saturated heterocycles. The molecule has 0 aliphatic heterocycles. The van der Waals surface area contributed by atoms with E-state index in [2.05, 4.69) is 5.32 Å². The SMILES string of the molecule is N#Cc1cc(NCc2cccc(F)c2)ccc1F. The predicted octanol–water partition coefficient (Wildman–Crippen LogP) is 3.45. The first-order valence-corrected chi connectivity index (χ1v) is 5.37. The summed E-state index contributed by atoms with van der Waals surface area (Å²) in [6.45, 7) is 0.411. The first-order valence-electron chi connectivity index (χ1n) is 5.37. The number of nitrogens with one attached hydrogen (secondary N) is 1. The summed E-state index contributed by atoms with van der Waals surface area (Å²) >= 11 is 0. The molecule has 1 N–H and O–H groups in total. The van der Waals surface area contributed by atoms with Gasteiger partial charge in [-0.2, -0.15) is 5.26 Å². The number of halogens is 2. The number of nitrogens with zero attached hydrogens (tertiary/aromatic N) is 1. The van der Waals surface area contributed by atoms with E-state index in [0.29, 0.717) is 12.2 Å². The molecule has 0 unspecified atom stereocenters. The second kappa shape index (κ2) is 5.28. The van der Waals surface area contributed by atoms with E-state index in [4.69, 9.17) is 5.26 Å². The Balaban J connectivity index is 2.09. The summed E-state index contributed by atoms with van der Waals surface area (Å²) < 4.78 is 26.0. The molecule has 0 radical (unpaired) electrons. The van der Waals surface area contributed by atoms with Crippen LogP contribution in [-0.4, -0.2) is 0 Å². The first-order chi connectivity index (χ1) is 8.69. The van der Waals surface area contributed by atoms with Gasteiger partial charge in [-0.1, -0.05) is 12.1 Å². The van der Waals surface area contributed by atoms with Crippen LogP contribution in [0.15, 0.2) is 42.5 Å². The Hall–Kier alpha value is -2.41. The van der Waals surface area contributed by atoms with Gasteiger partial charge in [0.2, 0.25) is 0 Å². The van der Waals surface area contributed by atoms with Crippen LogP contribution in [0.3, 0.4) is 0 Å². The van der Waals surface area contributed by atoms with E-state index in [0.717, 1.165) is 5.56 Å². The first kappa shape index (κ1) is 12.1. The molecule has 0 spiro atoms. The van der Waals surface area contributed by atoms with E-state index in [9.17, 15) is 8.78 Å². The van der Waals surface area contributed by atoms with Gasteiger partial charge in [-0.05, 0) is 35.9 Å². The van der Waals surface area contributed by atoms with Gasteiger partial charge >= 0.3 is 0 Å². The minimum absolute atomic E-state index is 0.0146. The molecular formula is C14H10F2N2. The van der Waals surface area contributed by atoms with Crippen molar-refractivity contribution in [1.82, 2.24) is 0 Å². The Morgan fingerprint density at radius 1 is 1.11 bits per heavy atom. The summed E-state index contributed by atoms with van der Waals surface area (Å²) in [6, 6.07) is 12.2. The van der Waals surface area contributed by atoms with Gasteiger partial charge in [-0.15, -0.1) is 0 Å². The van der Waals surface area contributed by atoms with E-state index < -0.39 is 5.82 Å². The summed E-state index contributed by atoms with van der Waals surface area (Å²) in [4.78, 5) is 0. The van der Waals surface area contributed by atoms with E-state index in [-0.39, 0.29) is 11.4 Å². The fourth-order valence-corrected chi connectivity index (χ4v) is 1.57. The third kappa shape index (κ3) is 2.83. The van der Waals surface area contributed by atoms with E-state index >= 15 is 0 Å². The van der Waals surface area contributed by atoms with Crippen LogP contribution in [0, 0.1) is 23.0 Å². The zero-order valence-corrected chi connectivity index (χ0v) is 9.45. The highest BCUT2D eigenvalue weighted by atomic mass is 19.1. The average molecular weight is 244 g/mol. The summed E-state index contributed by atoms with van der Waals surface area (Å²) in [5.74, 6) is -0.847. The Bertz CT molecular complexity index is 603. The molecular weight excluding hydrogens is 234 g/mol. The maximum absolute atomic E-state index is 13.1. The van der Waals surface area contributed by atoms with Crippen LogP contribution in [0.2, 0.25) is 0 Å². The molecule has 0 aliphatic rings. The van der Waals surface area contributed by atoms with Gasteiger partial charge in [0.25, 0.3) is 0 Å². The van der Waals surface area contributed by atoms with Crippen molar-refractivity contribution in [3.05, 3.63) is 65.2 Å². The van der Waals surface area contributed by atoms with Gasteiger partial charge in [0, 0.05) is 12.2 Å². The lowest BCUT2D eigenvalue weighted by Crippen LogP contribution is -2.00. The standard InChI is InChI=1S/C14H10F2N2/c15-12-3-1-2-10(6-12)9-18-13-4-5-14(16)11(7-13)8-17/h1-7,18H,9H2. The van der Waals surface area contributed by atoms with Crippen molar-refractivity contribution in [2.24, 2.45) is 0 Å². The number of rotatable bonds is 3. The van der Waals surface area contributed by atoms with Crippen LogP contribution in [0.4, 0.5) is 14.5 Å². The summed E-state index contributed by atoms with van der Waals surface area (Å²) in [5, 5.41) is 11.7. The van der Waals surface area contributed by atoms with Gasteiger partial charge in [-0.25, -0.2) is 8.78 Å². The smallest absolute Gasteiger partial charge is 0.141 e. The third-order valence-corrected chi connectivity index (χ3v) is 2.47. The van der Waals surface area contributed by atoms with E-state index in [1.165, 1.54) is 30.3 Å². The lowest BCUT2D eigenvalue weighted by Gasteiger charge is -2.07. The van der Waals surface area contributed by atoms with Crippen LogP contribution >= 0.6 is 0 Å². The summed E-state index contributed by atoms with van der Waals surface area (Å²) in [7, 11) is 0. The maximum Gasteiger partial charge on any atom is 0.141 e. The van der Waals surface area contributed by atoms with Gasteiger partial charge in [0.05, 0.1) is 5.56 Å². The zero-order valence-electron chi connectivity index (χ0n) is 9.45. The van der Waals surface area contributed by atoms with Gasteiger partial charge in [0.1, 0.15) is 17.7 Å². The Labute approximate surface area is 103 Å². The number of anilines is 1. The molecule has 2 aromatic rings. The summed E-state index contributed by atoms with van der Waals surface area (Å²) in [6.07, 6.45) is 0. The van der Waals surface area contributed by atoms with Crippen molar-refractivity contribution in [3.63, 3.8) is 0 Å². The number of hydrogen-bond donors (Lipinski definition) is 1. The minimum atomic E-state index is -0.547. The topological polar surface area (TPSA) is 35.8 Å². The fraction of sp³-hybridized carbons (Fsp3) is 0.0714. The number of nitriles is 1. The normalized spacial score (nSPS) is 9.83. The zero-order chi connectivity index (χ0) is 13.0. The molecule has 0 bridgehead atoms. The van der Waals surface area contributed by atoms with Crippen LogP contribution in [-0.2, 0) is 6.54 Å². The Kier molecular flexibility index (Phi) is 3.54. The molecule has 90 valence electrons. The van der Waals surface area contributed by atoms with Crippen molar-refractivity contribution >= 4 is 5.69 Å². The molecule has 2 aromatic carbocycles. The van der Waals surface area contributed by atoms with Crippen molar-refractivity contribution in [3.8, 4) is 6.07 Å². The highest BCUT2D eigenvalue weighted by molar-refractivity contribution is 5.50. The average Bonchev–Trinajstić information content (AvgIpc) is 2.38. The molecule has 0 aliphatic carbocycles. The molecule has 2 rings (SSSR count). The van der Waals surface area contributed by atoms with Crippen molar-refractivity contribution in [2.45, 2.75) is 6.54 Å². The van der Waals surface area contributed by atoms with Crippen LogP contribution < -0.4 is 5.32 Å². The predicted molar refractivity (Wildman–Crippen MR) is 64.8 cm³/mol. The van der Waals surface area contributed by atoms with E-state index in [1.54, 1.807) is 18.2 Å². The number of hydrogen-bond acceptors (Lipinski definition) is 2. The summed E-state index contributed by atoms with van der Waals surface area (Å²) in [5.41, 5.74) is 1.38. The Morgan fingerprint density at radius 3 is 2.67 bits per heavy atom. The van der Waals surface area contributed by atoms with Crippen LogP contribution in [0.1, 0.15) is 11.1 Å². The largest absolute Gasteiger partial charge is 0.381 e. The Morgan fingerprint density at radius 2 is 1.94 bits per heavy atom. The van der Waals surface area contributed by atoms with E-state index in [1.807, 2.05) is 0 Å².